The van der Waals surface area contributed by atoms with Gasteiger partial charge in [0, 0.05) is 20.1 Å². The van der Waals surface area contributed by atoms with E-state index in [0.29, 0.717) is 32.6 Å². The quantitative estimate of drug-likeness (QED) is 0.622. The first-order valence-corrected chi connectivity index (χ1v) is 5.93. The highest BCUT2D eigenvalue weighted by molar-refractivity contribution is 5.82. The third-order valence-corrected chi connectivity index (χ3v) is 3.08. The molecule has 1 fully saturated rings. The van der Waals surface area contributed by atoms with Gasteiger partial charge < -0.3 is 25.2 Å². The fraction of sp³-hybridized carbons (Fsp3) is 0.818. The van der Waals surface area contributed by atoms with Crippen LogP contribution in [-0.2, 0) is 14.3 Å². The first kappa shape index (κ1) is 14.7. The summed E-state index contributed by atoms with van der Waals surface area (Å²) >= 11 is 0. The van der Waals surface area contributed by atoms with Crippen molar-refractivity contribution in [1.29, 1.82) is 0 Å². The number of hydrogen-bond acceptors (Lipinski definition) is 4. The molecule has 0 spiro atoms. The molecule has 0 saturated carbocycles. The Labute approximate surface area is 106 Å². The van der Waals surface area contributed by atoms with E-state index in [1.165, 1.54) is 0 Å². The molecule has 1 aliphatic rings. The summed E-state index contributed by atoms with van der Waals surface area (Å²) in [5, 5.41) is 13.8. The second-order valence-electron chi connectivity index (χ2n) is 4.32. The third-order valence-electron chi connectivity index (χ3n) is 3.08. The van der Waals surface area contributed by atoms with Crippen LogP contribution in [0.3, 0.4) is 0 Å². The predicted molar refractivity (Wildman–Crippen MR) is 63.4 cm³/mol. The van der Waals surface area contributed by atoms with E-state index in [4.69, 9.17) is 14.6 Å². The van der Waals surface area contributed by atoms with Crippen molar-refractivity contribution in [2.45, 2.75) is 31.4 Å². The Kier molecular flexibility index (Phi) is 5.36. The average molecular weight is 260 g/mol. The standard InChI is InChI=1S/C11H20N2O5/c1-3-8(9(14)15)13-10(16)12-6-11(17-2)4-5-18-7-11/h8H,3-7H2,1-2H3,(H,14,15)(H2,12,13,16). The molecular formula is C11H20N2O5. The van der Waals surface area contributed by atoms with Gasteiger partial charge in [-0.25, -0.2) is 9.59 Å². The maximum atomic E-state index is 11.5. The highest BCUT2D eigenvalue weighted by atomic mass is 16.5. The number of rotatable bonds is 6. The molecule has 0 aliphatic carbocycles. The number of carboxylic acids is 1. The largest absolute Gasteiger partial charge is 0.480 e. The molecule has 2 unspecified atom stereocenters. The summed E-state index contributed by atoms with van der Waals surface area (Å²) < 4.78 is 10.6. The fourth-order valence-corrected chi connectivity index (χ4v) is 1.75. The molecular weight excluding hydrogens is 240 g/mol. The molecule has 0 aromatic rings. The number of hydrogen-bond donors (Lipinski definition) is 3. The van der Waals surface area contributed by atoms with Gasteiger partial charge in [0.05, 0.1) is 13.2 Å². The van der Waals surface area contributed by atoms with Gasteiger partial charge in [0.1, 0.15) is 11.6 Å². The molecule has 1 rings (SSSR count). The molecule has 104 valence electrons. The number of aliphatic carboxylic acids is 1. The molecule has 3 N–H and O–H groups in total. The van der Waals surface area contributed by atoms with Crippen LogP contribution in [-0.4, -0.2) is 55.6 Å². The lowest BCUT2D eigenvalue weighted by molar-refractivity contribution is -0.139. The lowest BCUT2D eigenvalue weighted by atomic mass is 10.0. The van der Waals surface area contributed by atoms with Gasteiger partial charge in [-0.2, -0.15) is 0 Å². The topological polar surface area (TPSA) is 96.9 Å². The minimum Gasteiger partial charge on any atom is -0.480 e. The first-order chi connectivity index (χ1) is 8.53. The van der Waals surface area contributed by atoms with Gasteiger partial charge in [0.15, 0.2) is 0 Å². The molecule has 7 heteroatoms. The summed E-state index contributed by atoms with van der Waals surface area (Å²) in [5.74, 6) is -1.04. The summed E-state index contributed by atoms with van der Waals surface area (Å²) in [7, 11) is 1.57. The van der Waals surface area contributed by atoms with Crippen molar-refractivity contribution in [3.8, 4) is 0 Å². The molecule has 2 atom stereocenters. The molecule has 1 aliphatic heterocycles. The van der Waals surface area contributed by atoms with Crippen LogP contribution in [0.25, 0.3) is 0 Å². The Morgan fingerprint density at radius 2 is 2.28 bits per heavy atom. The Bertz CT molecular complexity index is 302. The maximum Gasteiger partial charge on any atom is 0.326 e. The van der Waals surface area contributed by atoms with Crippen LogP contribution in [0.5, 0.6) is 0 Å². The Morgan fingerprint density at radius 1 is 1.56 bits per heavy atom. The smallest absolute Gasteiger partial charge is 0.326 e. The van der Waals surface area contributed by atoms with Crippen molar-refractivity contribution in [2.24, 2.45) is 0 Å². The van der Waals surface area contributed by atoms with Crippen LogP contribution >= 0.6 is 0 Å². The van der Waals surface area contributed by atoms with Gasteiger partial charge in [0.2, 0.25) is 0 Å². The van der Waals surface area contributed by atoms with Crippen LogP contribution in [0.2, 0.25) is 0 Å². The Balaban J connectivity index is 2.38. The monoisotopic (exact) mass is 260 g/mol. The number of carboxylic acid groups (broad SMARTS) is 1. The van der Waals surface area contributed by atoms with E-state index < -0.39 is 23.6 Å². The fourth-order valence-electron chi connectivity index (χ4n) is 1.75. The minimum absolute atomic E-state index is 0.297. The summed E-state index contributed by atoms with van der Waals surface area (Å²) in [4.78, 5) is 22.3. The molecule has 0 aromatic heterocycles. The van der Waals surface area contributed by atoms with E-state index in [9.17, 15) is 9.59 Å². The van der Waals surface area contributed by atoms with Gasteiger partial charge >= 0.3 is 12.0 Å². The summed E-state index contributed by atoms with van der Waals surface area (Å²) in [6, 6.07) is -1.38. The zero-order chi connectivity index (χ0) is 13.6. The number of ether oxygens (including phenoxy) is 2. The van der Waals surface area contributed by atoms with Gasteiger partial charge in [-0.05, 0) is 6.42 Å². The van der Waals surface area contributed by atoms with E-state index in [1.54, 1.807) is 14.0 Å². The van der Waals surface area contributed by atoms with Crippen molar-refractivity contribution in [2.75, 3.05) is 26.9 Å². The van der Waals surface area contributed by atoms with Crippen molar-refractivity contribution in [3.05, 3.63) is 0 Å². The van der Waals surface area contributed by atoms with Gasteiger partial charge in [-0.1, -0.05) is 6.92 Å². The first-order valence-electron chi connectivity index (χ1n) is 5.93. The van der Waals surface area contributed by atoms with Gasteiger partial charge in [0.25, 0.3) is 0 Å². The van der Waals surface area contributed by atoms with Crippen LogP contribution < -0.4 is 10.6 Å². The minimum atomic E-state index is -1.04. The molecule has 1 heterocycles. The molecule has 0 radical (unpaired) electrons. The van der Waals surface area contributed by atoms with Crippen LogP contribution in [0.1, 0.15) is 19.8 Å². The zero-order valence-corrected chi connectivity index (χ0v) is 10.7. The predicted octanol–water partition coefficient (Wildman–Crippen LogP) is -0.0457. The van der Waals surface area contributed by atoms with E-state index >= 15 is 0 Å². The van der Waals surface area contributed by atoms with Crippen molar-refractivity contribution in [3.63, 3.8) is 0 Å². The number of urea groups is 1. The maximum absolute atomic E-state index is 11.5. The molecule has 0 aromatic carbocycles. The average Bonchev–Trinajstić information content (AvgIpc) is 2.82. The zero-order valence-electron chi connectivity index (χ0n) is 10.7. The summed E-state index contributed by atoms with van der Waals surface area (Å²) in [5.41, 5.74) is -0.498. The number of carbonyl (C=O) groups excluding carboxylic acids is 1. The molecule has 2 amide bonds. The van der Waals surface area contributed by atoms with E-state index in [0.717, 1.165) is 0 Å². The van der Waals surface area contributed by atoms with Crippen LogP contribution in [0.15, 0.2) is 0 Å². The molecule has 1 saturated heterocycles. The SMILES string of the molecule is CCC(NC(=O)NCC1(OC)CCOC1)C(=O)O. The van der Waals surface area contributed by atoms with E-state index in [2.05, 4.69) is 10.6 Å². The normalized spacial score (nSPS) is 24.6. The van der Waals surface area contributed by atoms with Gasteiger partial charge in [-0.3, -0.25) is 0 Å². The van der Waals surface area contributed by atoms with E-state index in [1.807, 2.05) is 0 Å². The Morgan fingerprint density at radius 3 is 2.72 bits per heavy atom. The van der Waals surface area contributed by atoms with Crippen molar-refractivity contribution < 1.29 is 24.2 Å². The molecule has 7 nitrogen and oxygen atoms in total. The number of carbonyl (C=O) groups is 2. The molecule has 18 heavy (non-hydrogen) atoms. The molecule has 0 bridgehead atoms. The third kappa shape index (κ3) is 3.85. The van der Waals surface area contributed by atoms with Crippen LogP contribution in [0, 0.1) is 0 Å². The Hall–Kier alpha value is -1.34. The summed E-state index contributed by atoms with van der Waals surface area (Å²) in [6.07, 6.45) is 1.04. The van der Waals surface area contributed by atoms with E-state index in [-0.39, 0.29) is 0 Å². The number of methoxy groups -OCH3 is 1. The number of amides is 2. The second-order valence-corrected chi connectivity index (χ2v) is 4.32. The number of nitrogens with one attached hydrogen (secondary N) is 2. The van der Waals surface area contributed by atoms with Crippen molar-refractivity contribution in [1.82, 2.24) is 10.6 Å². The highest BCUT2D eigenvalue weighted by Gasteiger charge is 2.35. The van der Waals surface area contributed by atoms with Gasteiger partial charge in [-0.15, -0.1) is 0 Å². The second kappa shape index (κ2) is 6.55. The summed E-state index contributed by atoms with van der Waals surface area (Å²) in [6.45, 7) is 3.02. The lowest BCUT2D eigenvalue weighted by Crippen LogP contribution is -2.51. The van der Waals surface area contributed by atoms with Crippen LogP contribution in [0.4, 0.5) is 4.79 Å². The lowest BCUT2D eigenvalue weighted by Gasteiger charge is -2.26. The van der Waals surface area contributed by atoms with Crippen molar-refractivity contribution >= 4 is 12.0 Å². The highest BCUT2D eigenvalue weighted by Crippen LogP contribution is 2.21.